The van der Waals surface area contributed by atoms with Gasteiger partial charge in [-0.1, -0.05) is 12.1 Å². The molecule has 3 rings (SSSR count). The molecule has 0 saturated carbocycles. The molecule has 6 heteroatoms. The van der Waals surface area contributed by atoms with Crippen molar-refractivity contribution in [3.8, 4) is 0 Å². The van der Waals surface area contributed by atoms with Crippen molar-refractivity contribution >= 4 is 38.9 Å². The Morgan fingerprint density at radius 1 is 1.26 bits per heavy atom. The number of para-hydroxylation sites is 1. The van der Waals surface area contributed by atoms with Crippen molar-refractivity contribution in [1.29, 1.82) is 0 Å². The fraction of sp³-hybridized carbons (Fsp3) is 0.353. The lowest BCUT2D eigenvalue weighted by Crippen LogP contribution is -2.07. The number of nitrogens with zero attached hydrogens (tertiary/aromatic N) is 2. The number of aryl methyl sites for hydroxylation is 2. The Labute approximate surface area is 143 Å². The van der Waals surface area contributed by atoms with E-state index in [1.165, 1.54) is 9.58 Å². The molecule has 23 heavy (non-hydrogen) atoms. The average Bonchev–Trinajstić information content (AvgIpc) is 3.13. The Morgan fingerprint density at radius 3 is 2.91 bits per heavy atom. The molecule has 0 bridgehead atoms. The van der Waals surface area contributed by atoms with Gasteiger partial charge in [-0.25, -0.2) is 9.97 Å². The average molecular weight is 346 g/mol. The molecule has 2 heterocycles. The molecule has 0 amide bonds. The molecule has 0 aliphatic rings. The van der Waals surface area contributed by atoms with Crippen LogP contribution in [0.15, 0.2) is 29.8 Å². The van der Waals surface area contributed by atoms with E-state index in [-0.39, 0.29) is 5.97 Å². The lowest BCUT2D eigenvalue weighted by atomic mass is 10.2. The van der Waals surface area contributed by atoms with Crippen molar-refractivity contribution in [1.82, 2.24) is 9.97 Å². The van der Waals surface area contributed by atoms with E-state index < -0.39 is 0 Å². The molecule has 0 N–H and O–H groups in total. The summed E-state index contributed by atoms with van der Waals surface area (Å²) in [6.07, 6.45) is 2.79. The van der Waals surface area contributed by atoms with Gasteiger partial charge in [-0.2, -0.15) is 0 Å². The van der Waals surface area contributed by atoms with Gasteiger partial charge in [0.25, 0.3) is 0 Å². The van der Waals surface area contributed by atoms with Crippen LogP contribution >= 0.6 is 22.7 Å². The maximum absolute atomic E-state index is 11.8. The number of hydrogen-bond acceptors (Lipinski definition) is 6. The first-order chi connectivity index (χ1) is 11.2. The van der Waals surface area contributed by atoms with E-state index in [1.54, 1.807) is 22.7 Å². The van der Waals surface area contributed by atoms with Crippen LogP contribution in [0.5, 0.6) is 0 Å². The van der Waals surface area contributed by atoms with Crippen molar-refractivity contribution in [2.24, 2.45) is 0 Å². The summed E-state index contributed by atoms with van der Waals surface area (Å²) in [4.78, 5) is 21.7. The van der Waals surface area contributed by atoms with E-state index in [9.17, 15) is 4.79 Å². The summed E-state index contributed by atoms with van der Waals surface area (Å²) in [6, 6.07) is 8.11. The smallest absolute Gasteiger partial charge is 0.305 e. The summed E-state index contributed by atoms with van der Waals surface area (Å²) in [5.74, 6) is -0.131. The summed E-state index contributed by atoms with van der Waals surface area (Å²) in [5, 5.41) is 1.08. The number of carbonyl (C=O) groups excluding carboxylic acids is 1. The SMILES string of the molecule is Cc1ncsc1CCOC(=O)CCCc1nc2ccccc2s1. The molecule has 0 aliphatic heterocycles. The third-order valence-electron chi connectivity index (χ3n) is 3.55. The van der Waals surface area contributed by atoms with E-state index in [0.29, 0.717) is 13.0 Å². The molecule has 3 aromatic rings. The summed E-state index contributed by atoms with van der Waals surface area (Å²) in [6.45, 7) is 2.41. The third kappa shape index (κ3) is 4.36. The number of thiazole rings is 2. The minimum absolute atomic E-state index is 0.131. The topological polar surface area (TPSA) is 52.1 Å². The molecule has 0 fully saturated rings. The van der Waals surface area contributed by atoms with Crippen molar-refractivity contribution in [2.45, 2.75) is 32.6 Å². The monoisotopic (exact) mass is 346 g/mol. The van der Waals surface area contributed by atoms with E-state index in [2.05, 4.69) is 16.0 Å². The van der Waals surface area contributed by atoms with Crippen LogP contribution in [-0.2, 0) is 22.4 Å². The fourth-order valence-corrected chi connectivity index (χ4v) is 4.08. The zero-order chi connectivity index (χ0) is 16.1. The van der Waals surface area contributed by atoms with E-state index in [0.717, 1.165) is 35.5 Å². The standard InChI is InChI=1S/C17H18N2O2S2/c1-12-14(22-11-18-12)9-10-21-17(20)8-4-7-16-19-13-5-2-3-6-15(13)23-16/h2-3,5-6,11H,4,7-10H2,1H3. The van der Waals surface area contributed by atoms with Gasteiger partial charge in [-0.05, 0) is 31.9 Å². The molecule has 0 atom stereocenters. The van der Waals surface area contributed by atoms with Crippen molar-refractivity contribution < 1.29 is 9.53 Å². The fourth-order valence-electron chi connectivity index (χ4n) is 2.31. The van der Waals surface area contributed by atoms with Crippen LogP contribution < -0.4 is 0 Å². The van der Waals surface area contributed by atoms with Crippen LogP contribution in [0.2, 0.25) is 0 Å². The van der Waals surface area contributed by atoms with Gasteiger partial charge < -0.3 is 4.74 Å². The minimum Gasteiger partial charge on any atom is -0.465 e. The van der Waals surface area contributed by atoms with Crippen LogP contribution in [0, 0.1) is 6.92 Å². The predicted molar refractivity (Wildman–Crippen MR) is 94.1 cm³/mol. The van der Waals surface area contributed by atoms with Crippen LogP contribution in [0.1, 0.15) is 28.4 Å². The Bertz CT molecular complexity index is 762. The van der Waals surface area contributed by atoms with Gasteiger partial charge in [0.1, 0.15) is 0 Å². The highest BCUT2D eigenvalue weighted by atomic mass is 32.1. The zero-order valence-corrected chi connectivity index (χ0v) is 14.6. The maximum Gasteiger partial charge on any atom is 0.305 e. The number of esters is 1. The number of hydrogen-bond donors (Lipinski definition) is 0. The largest absolute Gasteiger partial charge is 0.465 e. The quantitative estimate of drug-likeness (QED) is 0.603. The van der Waals surface area contributed by atoms with Crippen LogP contribution in [0.4, 0.5) is 0 Å². The number of benzene rings is 1. The molecular weight excluding hydrogens is 328 g/mol. The van der Waals surface area contributed by atoms with Crippen LogP contribution in [-0.4, -0.2) is 22.5 Å². The lowest BCUT2D eigenvalue weighted by molar-refractivity contribution is -0.143. The van der Waals surface area contributed by atoms with Gasteiger partial charge >= 0.3 is 5.97 Å². The van der Waals surface area contributed by atoms with E-state index >= 15 is 0 Å². The lowest BCUT2D eigenvalue weighted by Gasteiger charge is -2.03. The molecule has 0 spiro atoms. The summed E-state index contributed by atoms with van der Waals surface area (Å²) in [5.41, 5.74) is 3.89. The number of ether oxygens (including phenoxy) is 1. The van der Waals surface area contributed by atoms with E-state index in [4.69, 9.17) is 4.74 Å². The first kappa shape index (κ1) is 16.1. The normalized spacial score (nSPS) is 11.0. The second-order valence-electron chi connectivity index (χ2n) is 5.26. The summed E-state index contributed by atoms with van der Waals surface area (Å²) >= 11 is 3.31. The van der Waals surface area contributed by atoms with Gasteiger partial charge in [0.05, 0.1) is 33.0 Å². The molecule has 1 aromatic carbocycles. The van der Waals surface area contributed by atoms with Gasteiger partial charge in [0, 0.05) is 17.7 Å². The Kier molecular flexibility index (Phi) is 5.35. The Morgan fingerprint density at radius 2 is 2.13 bits per heavy atom. The van der Waals surface area contributed by atoms with Gasteiger partial charge in [0.2, 0.25) is 0 Å². The van der Waals surface area contributed by atoms with Crippen molar-refractivity contribution in [3.63, 3.8) is 0 Å². The third-order valence-corrected chi connectivity index (χ3v) is 5.64. The molecule has 120 valence electrons. The summed E-state index contributed by atoms with van der Waals surface area (Å²) in [7, 11) is 0. The van der Waals surface area contributed by atoms with Crippen LogP contribution in [0.3, 0.4) is 0 Å². The molecule has 0 unspecified atom stereocenters. The van der Waals surface area contributed by atoms with E-state index in [1.807, 2.05) is 30.6 Å². The Hall–Kier alpha value is -1.79. The highest BCUT2D eigenvalue weighted by Gasteiger charge is 2.08. The van der Waals surface area contributed by atoms with Gasteiger partial charge in [-0.15, -0.1) is 22.7 Å². The molecule has 0 aliphatic carbocycles. The number of carbonyl (C=O) groups is 1. The predicted octanol–water partition coefficient (Wildman–Crippen LogP) is 4.17. The first-order valence-corrected chi connectivity index (χ1v) is 9.31. The maximum atomic E-state index is 11.8. The molecule has 0 saturated heterocycles. The minimum atomic E-state index is -0.131. The highest BCUT2D eigenvalue weighted by Crippen LogP contribution is 2.22. The first-order valence-electron chi connectivity index (χ1n) is 7.61. The molecular formula is C17H18N2O2S2. The summed E-state index contributed by atoms with van der Waals surface area (Å²) < 4.78 is 6.49. The highest BCUT2D eigenvalue weighted by molar-refractivity contribution is 7.18. The molecule has 0 radical (unpaired) electrons. The number of rotatable bonds is 7. The zero-order valence-electron chi connectivity index (χ0n) is 12.9. The van der Waals surface area contributed by atoms with Crippen LogP contribution in [0.25, 0.3) is 10.2 Å². The second kappa shape index (κ2) is 7.66. The molecule has 4 nitrogen and oxygen atoms in total. The Balaban J connectivity index is 1.38. The molecule has 2 aromatic heterocycles. The van der Waals surface area contributed by atoms with Gasteiger partial charge in [0.15, 0.2) is 0 Å². The number of fused-ring (bicyclic) bond motifs is 1. The van der Waals surface area contributed by atoms with Gasteiger partial charge in [-0.3, -0.25) is 4.79 Å². The number of aromatic nitrogens is 2. The van der Waals surface area contributed by atoms with Crippen molar-refractivity contribution in [3.05, 3.63) is 45.4 Å². The van der Waals surface area contributed by atoms with Crippen molar-refractivity contribution in [2.75, 3.05) is 6.61 Å². The second-order valence-corrected chi connectivity index (χ2v) is 7.31.